The first-order valence-corrected chi connectivity index (χ1v) is 3.77. The molecule has 70 valence electrons. The first kappa shape index (κ1) is 11.1. The minimum Gasteiger partial charge on any atom is -0.455 e. The highest BCUT2D eigenvalue weighted by Gasteiger charge is 2.11. The highest BCUT2D eigenvalue weighted by atomic mass is 16.5. The molecule has 0 aliphatic heterocycles. The van der Waals surface area contributed by atoms with Crippen molar-refractivity contribution in [1.29, 1.82) is 0 Å². The van der Waals surface area contributed by atoms with Crippen molar-refractivity contribution in [1.82, 2.24) is 0 Å². The SMILES string of the molecule is COC(C)CC(=O)OC(C)C=O. The summed E-state index contributed by atoms with van der Waals surface area (Å²) in [5, 5.41) is 0. The van der Waals surface area contributed by atoms with Gasteiger partial charge in [0.05, 0.1) is 12.5 Å². The third-order valence-electron chi connectivity index (χ3n) is 1.37. The van der Waals surface area contributed by atoms with Crippen molar-refractivity contribution in [2.75, 3.05) is 7.11 Å². The van der Waals surface area contributed by atoms with Gasteiger partial charge in [0, 0.05) is 7.11 Å². The van der Waals surface area contributed by atoms with Gasteiger partial charge in [-0.1, -0.05) is 0 Å². The second-order valence-electron chi connectivity index (χ2n) is 2.58. The maximum atomic E-state index is 10.9. The lowest BCUT2D eigenvalue weighted by Gasteiger charge is -2.10. The van der Waals surface area contributed by atoms with Crippen molar-refractivity contribution in [3.05, 3.63) is 0 Å². The summed E-state index contributed by atoms with van der Waals surface area (Å²) in [4.78, 5) is 21.0. The van der Waals surface area contributed by atoms with Crippen LogP contribution in [0.4, 0.5) is 0 Å². The van der Waals surface area contributed by atoms with Crippen molar-refractivity contribution in [2.24, 2.45) is 0 Å². The molecule has 0 heterocycles. The van der Waals surface area contributed by atoms with Crippen LogP contribution in [-0.2, 0) is 19.1 Å². The maximum Gasteiger partial charge on any atom is 0.309 e. The quantitative estimate of drug-likeness (QED) is 0.451. The molecule has 0 amide bonds. The largest absolute Gasteiger partial charge is 0.455 e. The smallest absolute Gasteiger partial charge is 0.309 e. The van der Waals surface area contributed by atoms with E-state index in [0.29, 0.717) is 6.29 Å². The minimum atomic E-state index is -0.665. The van der Waals surface area contributed by atoms with Crippen molar-refractivity contribution in [2.45, 2.75) is 32.5 Å². The molecule has 0 spiro atoms. The Balaban J connectivity index is 3.66. The second kappa shape index (κ2) is 5.71. The minimum absolute atomic E-state index is 0.170. The van der Waals surface area contributed by atoms with Crippen LogP contribution >= 0.6 is 0 Å². The van der Waals surface area contributed by atoms with E-state index in [1.807, 2.05) is 0 Å². The molecule has 12 heavy (non-hydrogen) atoms. The third kappa shape index (κ3) is 4.85. The summed E-state index contributed by atoms with van der Waals surface area (Å²) in [6.45, 7) is 3.27. The Labute approximate surface area is 71.8 Å². The summed E-state index contributed by atoms with van der Waals surface area (Å²) in [5.74, 6) is -0.413. The number of esters is 1. The van der Waals surface area contributed by atoms with Gasteiger partial charge in [-0.25, -0.2) is 0 Å². The van der Waals surface area contributed by atoms with E-state index in [9.17, 15) is 9.59 Å². The van der Waals surface area contributed by atoms with Crippen molar-refractivity contribution >= 4 is 12.3 Å². The van der Waals surface area contributed by atoms with Crippen molar-refractivity contribution in [3.8, 4) is 0 Å². The van der Waals surface area contributed by atoms with Crippen LogP contribution in [0, 0.1) is 0 Å². The Kier molecular flexibility index (Phi) is 5.28. The lowest BCUT2D eigenvalue weighted by molar-refractivity contribution is -0.153. The van der Waals surface area contributed by atoms with Gasteiger partial charge in [-0.2, -0.15) is 0 Å². The summed E-state index contributed by atoms with van der Waals surface area (Å²) < 4.78 is 9.53. The number of aldehydes is 1. The maximum absolute atomic E-state index is 10.9. The van der Waals surface area contributed by atoms with Crippen molar-refractivity contribution in [3.63, 3.8) is 0 Å². The van der Waals surface area contributed by atoms with Crippen LogP contribution < -0.4 is 0 Å². The number of ether oxygens (including phenoxy) is 2. The van der Waals surface area contributed by atoms with Gasteiger partial charge in [0.15, 0.2) is 12.4 Å². The average molecular weight is 174 g/mol. The molecule has 0 radical (unpaired) electrons. The van der Waals surface area contributed by atoms with E-state index >= 15 is 0 Å². The number of rotatable bonds is 5. The number of carbonyl (C=O) groups excluding carboxylic acids is 2. The van der Waals surface area contributed by atoms with Gasteiger partial charge < -0.3 is 9.47 Å². The summed E-state index contributed by atoms with van der Waals surface area (Å²) in [6, 6.07) is 0. The highest BCUT2D eigenvalue weighted by molar-refractivity contribution is 5.72. The highest BCUT2D eigenvalue weighted by Crippen LogP contribution is 1.99. The van der Waals surface area contributed by atoms with E-state index in [4.69, 9.17) is 4.74 Å². The van der Waals surface area contributed by atoms with Crippen LogP contribution in [0.5, 0.6) is 0 Å². The third-order valence-corrected chi connectivity index (χ3v) is 1.37. The molecule has 2 atom stereocenters. The zero-order valence-corrected chi connectivity index (χ0v) is 7.57. The predicted octanol–water partition coefficient (Wildman–Crippen LogP) is 0.542. The molecule has 0 aromatic heterocycles. The first-order valence-electron chi connectivity index (χ1n) is 3.77. The predicted molar refractivity (Wildman–Crippen MR) is 42.7 cm³/mol. The van der Waals surface area contributed by atoms with Gasteiger partial charge in [-0.05, 0) is 13.8 Å². The summed E-state index contributed by atoms with van der Waals surface area (Å²) >= 11 is 0. The van der Waals surface area contributed by atoms with E-state index < -0.39 is 12.1 Å². The number of hydrogen-bond acceptors (Lipinski definition) is 4. The molecule has 0 aromatic rings. The molecule has 4 nitrogen and oxygen atoms in total. The van der Waals surface area contributed by atoms with E-state index in [1.165, 1.54) is 14.0 Å². The van der Waals surface area contributed by atoms with Gasteiger partial charge in [0.2, 0.25) is 0 Å². The Morgan fingerprint density at radius 2 is 2.08 bits per heavy atom. The summed E-state index contributed by atoms with van der Waals surface area (Å²) in [5.41, 5.74) is 0. The van der Waals surface area contributed by atoms with Crippen LogP contribution in [0.3, 0.4) is 0 Å². The Morgan fingerprint density at radius 1 is 1.50 bits per heavy atom. The van der Waals surface area contributed by atoms with Gasteiger partial charge in [-0.15, -0.1) is 0 Å². The molecule has 0 rings (SSSR count). The van der Waals surface area contributed by atoms with E-state index in [0.717, 1.165) is 0 Å². The lowest BCUT2D eigenvalue weighted by Crippen LogP contribution is -2.20. The fourth-order valence-electron chi connectivity index (χ4n) is 0.601. The van der Waals surface area contributed by atoms with Crippen LogP contribution in [0.25, 0.3) is 0 Å². The van der Waals surface area contributed by atoms with Crippen molar-refractivity contribution < 1.29 is 19.1 Å². The molecule has 0 aliphatic carbocycles. The zero-order chi connectivity index (χ0) is 9.56. The number of hydrogen-bond donors (Lipinski definition) is 0. The van der Waals surface area contributed by atoms with Gasteiger partial charge >= 0.3 is 5.97 Å². The fraction of sp³-hybridized carbons (Fsp3) is 0.750. The van der Waals surface area contributed by atoms with Crippen LogP contribution in [0.2, 0.25) is 0 Å². The molecule has 0 aliphatic rings. The Bertz CT molecular complexity index is 155. The Morgan fingerprint density at radius 3 is 2.50 bits per heavy atom. The number of methoxy groups -OCH3 is 1. The second-order valence-corrected chi connectivity index (χ2v) is 2.58. The molecule has 0 N–H and O–H groups in total. The van der Waals surface area contributed by atoms with E-state index in [-0.39, 0.29) is 12.5 Å². The van der Waals surface area contributed by atoms with Crippen LogP contribution in [0.1, 0.15) is 20.3 Å². The van der Waals surface area contributed by atoms with E-state index in [2.05, 4.69) is 4.74 Å². The summed E-state index contributed by atoms with van der Waals surface area (Å²) in [6.07, 6.45) is -0.0813. The standard InChI is InChI=1S/C8H14O4/c1-6(11-3)4-8(10)12-7(2)5-9/h5-7H,4H2,1-3H3. The van der Waals surface area contributed by atoms with E-state index in [1.54, 1.807) is 6.92 Å². The molecular formula is C8H14O4. The monoisotopic (exact) mass is 174 g/mol. The van der Waals surface area contributed by atoms with Gasteiger partial charge in [0.1, 0.15) is 0 Å². The number of carbonyl (C=O) groups is 2. The van der Waals surface area contributed by atoms with Crippen LogP contribution in [-0.4, -0.2) is 31.6 Å². The Hall–Kier alpha value is -0.900. The van der Waals surface area contributed by atoms with Gasteiger partial charge in [0.25, 0.3) is 0 Å². The fourth-order valence-corrected chi connectivity index (χ4v) is 0.601. The molecule has 0 saturated carbocycles. The average Bonchev–Trinajstić information content (AvgIpc) is 2.03. The van der Waals surface area contributed by atoms with Gasteiger partial charge in [-0.3, -0.25) is 9.59 Å². The normalized spacial score (nSPS) is 14.9. The molecule has 0 aromatic carbocycles. The topological polar surface area (TPSA) is 52.6 Å². The molecule has 4 heteroatoms. The van der Waals surface area contributed by atoms with Crippen LogP contribution in [0.15, 0.2) is 0 Å². The lowest BCUT2D eigenvalue weighted by atomic mass is 10.3. The first-order chi connectivity index (χ1) is 5.60. The molecule has 0 fully saturated rings. The zero-order valence-electron chi connectivity index (χ0n) is 7.57. The molecule has 0 saturated heterocycles. The molecule has 0 bridgehead atoms. The molecule has 2 unspecified atom stereocenters. The molecular weight excluding hydrogens is 160 g/mol. The summed E-state index contributed by atoms with van der Waals surface area (Å²) in [7, 11) is 1.51.